The number of aryl methyl sites for hydroxylation is 1. The lowest BCUT2D eigenvalue weighted by Crippen LogP contribution is -2.15. The number of nitrogens with zero attached hydrogens (tertiary/aromatic N) is 3. The molecule has 0 aliphatic heterocycles. The van der Waals surface area contributed by atoms with Crippen molar-refractivity contribution in [3.05, 3.63) is 63.9 Å². The van der Waals surface area contributed by atoms with E-state index in [2.05, 4.69) is 15.5 Å². The van der Waals surface area contributed by atoms with Gasteiger partial charge in [-0.3, -0.25) is 4.79 Å². The third kappa shape index (κ3) is 5.65. The number of ether oxygens (including phenoxy) is 1. The van der Waals surface area contributed by atoms with Gasteiger partial charge in [0.25, 0.3) is 0 Å². The van der Waals surface area contributed by atoms with Crippen LogP contribution in [-0.4, -0.2) is 26.4 Å². The minimum absolute atomic E-state index is 0.179. The Kier molecular flexibility index (Phi) is 7.05. The van der Waals surface area contributed by atoms with Crippen LogP contribution in [0, 0.1) is 6.92 Å². The zero-order chi connectivity index (χ0) is 21.0. The van der Waals surface area contributed by atoms with Crippen molar-refractivity contribution in [2.75, 3.05) is 11.1 Å². The molecule has 1 amide bonds. The number of anilines is 1. The topological polar surface area (TPSA) is 69.0 Å². The molecule has 0 radical (unpaired) electrons. The van der Waals surface area contributed by atoms with E-state index in [4.69, 9.17) is 27.9 Å². The quantitative estimate of drug-likeness (QED) is 0.494. The number of halogens is 2. The number of nitrogens with one attached hydrogen (secondary N) is 1. The predicted molar refractivity (Wildman–Crippen MR) is 117 cm³/mol. The first-order valence-corrected chi connectivity index (χ1v) is 10.6. The molecule has 0 saturated heterocycles. The van der Waals surface area contributed by atoms with Gasteiger partial charge in [0, 0.05) is 12.7 Å². The van der Waals surface area contributed by atoms with E-state index in [-0.39, 0.29) is 17.8 Å². The maximum Gasteiger partial charge on any atom is 0.234 e. The summed E-state index contributed by atoms with van der Waals surface area (Å²) >= 11 is 13.1. The summed E-state index contributed by atoms with van der Waals surface area (Å²) in [6.45, 7) is 3.93. The van der Waals surface area contributed by atoms with Gasteiger partial charge in [0.05, 0.1) is 15.8 Å². The van der Waals surface area contributed by atoms with E-state index < -0.39 is 0 Å². The molecule has 0 saturated carbocycles. The molecule has 1 unspecified atom stereocenters. The lowest BCUT2D eigenvalue weighted by molar-refractivity contribution is -0.113. The number of aromatic nitrogens is 3. The number of hydrogen-bond donors (Lipinski definition) is 1. The first kappa shape index (κ1) is 21.5. The van der Waals surface area contributed by atoms with Gasteiger partial charge < -0.3 is 14.6 Å². The molecule has 1 aromatic heterocycles. The highest BCUT2D eigenvalue weighted by Crippen LogP contribution is 2.26. The molecule has 29 heavy (non-hydrogen) atoms. The fraction of sp³-hybridized carbons (Fsp3) is 0.250. The van der Waals surface area contributed by atoms with Crippen molar-refractivity contribution in [1.82, 2.24) is 14.8 Å². The Bertz CT molecular complexity index is 1030. The van der Waals surface area contributed by atoms with Crippen LogP contribution in [0.2, 0.25) is 10.0 Å². The number of hydrogen-bond acceptors (Lipinski definition) is 5. The summed E-state index contributed by atoms with van der Waals surface area (Å²) in [5.74, 6) is 1.45. The zero-order valence-electron chi connectivity index (χ0n) is 16.1. The molecule has 1 atom stereocenters. The predicted octanol–water partition coefficient (Wildman–Crippen LogP) is 5.30. The minimum atomic E-state index is -0.284. The van der Waals surface area contributed by atoms with Crippen LogP contribution in [0.15, 0.2) is 47.6 Å². The van der Waals surface area contributed by atoms with E-state index in [0.717, 1.165) is 11.3 Å². The fourth-order valence-corrected chi connectivity index (χ4v) is 3.67. The first-order valence-electron chi connectivity index (χ1n) is 8.84. The van der Waals surface area contributed by atoms with Crippen molar-refractivity contribution in [2.24, 2.45) is 7.05 Å². The van der Waals surface area contributed by atoms with Gasteiger partial charge in [-0.1, -0.05) is 47.1 Å². The van der Waals surface area contributed by atoms with Crippen LogP contribution in [0.1, 0.15) is 24.4 Å². The van der Waals surface area contributed by atoms with Gasteiger partial charge in [0.15, 0.2) is 17.1 Å². The third-order valence-corrected chi connectivity index (χ3v) is 5.83. The van der Waals surface area contributed by atoms with Crippen molar-refractivity contribution in [1.29, 1.82) is 0 Å². The van der Waals surface area contributed by atoms with Crippen LogP contribution < -0.4 is 10.1 Å². The van der Waals surface area contributed by atoms with Crippen LogP contribution >= 0.6 is 35.0 Å². The van der Waals surface area contributed by atoms with Crippen LogP contribution in [0.5, 0.6) is 5.75 Å². The van der Waals surface area contributed by atoms with Crippen molar-refractivity contribution in [3.8, 4) is 5.75 Å². The molecule has 0 spiro atoms. The van der Waals surface area contributed by atoms with E-state index >= 15 is 0 Å². The van der Waals surface area contributed by atoms with E-state index in [1.165, 1.54) is 11.8 Å². The largest absolute Gasteiger partial charge is 0.483 e. The lowest BCUT2D eigenvalue weighted by atomic mass is 10.2. The summed E-state index contributed by atoms with van der Waals surface area (Å²) in [6.07, 6.45) is -0.284. The molecule has 9 heteroatoms. The fourth-order valence-electron chi connectivity index (χ4n) is 2.65. The van der Waals surface area contributed by atoms with Crippen LogP contribution in [-0.2, 0) is 11.8 Å². The van der Waals surface area contributed by atoms with E-state index in [0.29, 0.717) is 26.7 Å². The Hall–Kier alpha value is -2.22. The first-order chi connectivity index (χ1) is 13.8. The minimum Gasteiger partial charge on any atom is -0.483 e. The standard InChI is InChI=1S/C20H20Cl2N4O2S/c1-12-5-4-6-15(9-12)28-13(2)19-24-25-20(26(19)3)29-11-18(27)23-14-7-8-16(21)17(22)10-14/h4-10,13H,11H2,1-3H3,(H,23,27). The Morgan fingerprint density at radius 1 is 1.21 bits per heavy atom. The average molecular weight is 451 g/mol. The van der Waals surface area contributed by atoms with E-state index in [9.17, 15) is 4.79 Å². The molecule has 152 valence electrons. The molecule has 3 aromatic rings. The maximum atomic E-state index is 12.2. The SMILES string of the molecule is Cc1cccc(OC(C)c2nnc(SCC(=O)Nc3ccc(Cl)c(Cl)c3)n2C)c1. The average Bonchev–Trinajstić information content (AvgIpc) is 3.04. The molecule has 6 nitrogen and oxygen atoms in total. The summed E-state index contributed by atoms with van der Waals surface area (Å²) in [6, 6.07) is 12.8. The normalized spacial score (nSPS) is 11.9. The number of thioether (sulfide) groups is 1. The monoisotopic (exact) mass is 450 g/mol. The highest BCUT2D eigenvalue weighted by Gasteiger charge is 2.18. The molecule has 1 heterocycles. The summed E-state index contributed by atoms with van der Waals surface area (Å²) < 4.78 is 7.80. The number of benzene rings is 2. The van der Waals surface area contributed by atoms with Crippen LogP contribution in [0.3, 0.4) is 0 Å². The Morgan fingerprint density at radius 3 is 2.72 bits per heavy atom. The summed E-state index contributed by atoms with van der Waals surface area (Å²) in [7, 11) is 1.85. The lowest BCUT2D eigenvalue weighted by Gasteiger charge is -2.14. The maximum absolute atomic E-state index is 12.2. The van der Waals surface area contributed by atoms with Crippen molar-refractivity contribution in [3.63, 3.8) is 0 Å². The Labute approximate surface area is 183 Å². The van der Waals surface area contributed by atoms with Crippen LogP contribution in [0.25, 0.3) is 0 Å². The molecule has 1 N–H and O–H groups in total. The van der Waals surface area contributed by atoms with Gasteiger partial charge in [-0.2, -0.15) is 0 Å². The molecule has 0 aliphatic carbocycles. The second-order valence-corrected chi connectivity index (χ2v) is 8.20. The second kappa shape index (κ2) is 9.52. The zero-order valence-corrected chi connectivity index (χ0v) is 18.5. The highest BCUT2D eigenvalue weighted by molar-refractivity contribution is 7.99. The molecular weight excluding hydrogens is 431 g/mol. The molecule has 0 fully saturated rings. The second-order valence-electron chi connectivity index (χ2n) is 6.44. The summed E-state index contributed by atoms with van der Waals surface area (Å²) in [5.41, 5.74) is 1.71. The highest BCUT2D eigenvalue weighted by atomic mass is 35.5. The van der Waals surface area contributed by atoms with Gasteiger partial charge >= 0.3 is 0 Å². The molecule has 3 rings (SSSR count). The summed E-state index contributed by atoms with van der Waals surface area (Å²) in [4.78, 5) is 12.2. The smallest absolute Gasteiger partial charge is 0.234 e. The number of carbonyl (C=O) groups is 1. The molecule has 0 aliphatic rings. The van der Waals surface area contributed by atoms with Gasteiger partial charge in [-0.15, -0.1) is 10.2 Å². The summed E-state index contributed by atoms with van der Waals surface area (Å²) in [5, 5.41) is 12.6. The van der Waals surface area contributed by atoms with Gasteiger partial charge in [0.1, 0.15) is 5.75 Å². The van der Waals surface area contributed by atoms with Crippen molar-refractivity contribution >= 4 is 46.6 Å². The molecular formula is C20H20Cl2N4O2S. The molecule has 0 bridgehead atoms. The Morgan fingerprint density at radius 2 is 2.00 bits per heavy atom. The Balaban J connectivity index is 1.58. The van der Waals surface area contributed by atoms with E-state index in [1.807, 2.05) is 49.7 Å². The number of amides is 1. The van der Waals surface area contributed by atoms with Crippen LogP contribution in [0.4, 0.5) is 5.69 Å². The number of rotatable bonds is 7. The van der Waals surface area contributed by atoms with Crippen molar-refractivity contribution in [2.45, 2.75) is 25.1 Å². The van der Waals surface area contributed by atoms with Gasteiger partial charge in [0.2, 0.25) is 5.91 Å². The van der Waals surface area contributed by atoms with Gasteiger partial charge in [-0.05, 0) is 49.7 Å². The molecule has 2 aromatic carbocycles. The third-order valence-electron chi connectivity index (χ3n) is 4.07. The van der Waals surface area contributed by atoms with Crippen molar-refractivity contribution < 1.29 is 9.53 Å². The van der Waals surface area contributed by atoms with Gasteiger partial charge in [-0.25, -0.2) is 0 Å². The number of carbonyl (C=O) groups excluding carboxylic acids is 1. The van der Waals surface area contributed by atoms with E-state index in [1.54, 1.807) is 18.2 Å².